The molecule has 19 heavy (non-hydrogen) atoms. The van der Waals surface area contributed by atoms with E-state index >= 15 is 0 Å². The van der Waals surface area contributed by atoms with Crippen LogP contribution in [0.25, 0.3) is 0 Å². The minimum atomic E-state index is 0.446. The fraction of sp³-hybridized carbons (Fsp3) is 0.357. The molecular formula is C14H17BrN2O2. The van der Waals surface area contributed by atoms with Crippen molar-refractivity contribution in [3.63, 3.8) is 0 Å². The van der Waals surface area contributed by atoms with Crippen LogP contribution < -0.4 is 10.5 Å². The SMILES string of the molecule is Cc1noc(C)c1COc1c(Br)cccc1CCN. The van der Waals surface area contributed by atoms with Gasteiger partial charge in [-0.15, -0.1) is 0 Å². The molecule has 2 N–H and O–H groups in total. The van der Waals surface area contributed by atoms with E-state index in [0.29, 0.717) is 13.2 Å². The summed E-state index contributed by atoms with van der Waals surface area (Å²) in [5.74, 6) is 1.64. The summed E-state index contributed by atoms with van der Waals surface area (Å²) in [5, 5.41) is 3.92. The lowest BCUT2D eigenvalue weighted by atomic mass is 10.1. The number of aryl methyl sites for hydroxylation is 2. The number of aromatic nitrogens is 1. The smallest absolute Gasteiger partial charge is 0.140 e. The molecule has 102 valence electrons. The molecule has 4 nitrogen and oxygen atoms in total. The molecule has 0 bridgehead atoms. The summed E-state index contributed by atoms with van der Waals surface area (Å²) in [6, 6.07) is 5.97. The Bertz CT molecular complexity index is 547. The molecular weight excluding hydrogens is 308 g/mol. The van der Waals surface area contributed by atoms with E-state index in [1.165, 1.54) is 0 Å². The van der Waals surface area contributed by atoms with Gasteiger partial charge >= 0.3 is 0 Å². The summed E-state index contributed by atoms with van der Waals surface area (Å²) >= 11 is 3.51. The van der Waals surface area contributed by atoms with E-state index in [0.717, 1.165) is 39.2 Å². The van der Waals surface area contributed by atoms with Crippen molar-refractivity contribution in [2.75, 3.05) is 6.54 Å². The highest BCUT2D eigenvalue weighted by Gasteiger charge is 2.12. The van der Waals surface area contributed by atoms with Crippen LogP contribution in [0.5, 0.6) is 5.75 Å². The monoisotopic (exact) mass is 324 g/mol. The Morgan fingerprint density at radius 3 is 2.79 bits per heavy atom. The normalized spacial score (nSPS) is 10.7. The van der Waals surface area contributed by atoms with E-state index in [-0.39, 0.29) is 0 Å². The summed E-state index contributed by atoms with van der Waals surface area (Å²) in [6.07, 6.45) is 0.788. The second kappa shape index (κ2) is 6.21. The van der Waals surface area contributed by atoms with E-state index in [2.05, 4.69) is 21.1 Å². The van der Waals surface area contributed by atoms with E-state index in [1.54, 1.807) is 0 Å². The molecule has 0 saturated heterocycles. The zero-order valence-corrected chi connectivity index (χ0v) is 12.7. The highest BCUT2D eigenvalue weighted by molar-refractivity contribution is 9.10. The number of hydrogen-bond donors (Lipinski definition) is 1. The number of ether oxygens (including phenoxy) is 1. The van der Waals surface area contributed by atoms with E-state index in [4.69, 9.17) is 15.0 Å². The molecule has 2 aromatic rings. The maximum Gasteiger partial charge on any atom is 0.140 e. The van der Waals surface area contributed by atoms with E-state index < -0.39 is 0 Å². The van der Waals surface area contributed by atoms with Gasteiger partial charge in [0, 0.05) is 0 Å². The summed E-state index contributed by atoms with van der Waals surface area (Å²) in [5.41, 5.74) is 8.58. The van der Waals surface area contributed by atoms with Crippen molar-refractivity contribution in [2.45, 2.75) is 26.9 Å². The van der Waals surface area contributed by atoms with Crippen LogP contribution in [0.2, 0.25) is 0 Å². The number of para-hydroxylation sites is 1. The summed E-state index contributed by atoms with van der Waals surface area (Å²) in [7, 11) is 0. The molecule has 0 unspecified atom stereocenters. The lowest BCUT2D eigenvalue weighted by molar-refractivity contribution is 0.297. The number of hydrogen-bond acceptors (Lipinski definition) is 4. The molecule has 0 radical (unpaired) electrons. The highest BCUT2D eigenvalue weighted by atomic mass is 79.9. The van der Waals surface area contributed by atoms with Crippen LogP contribution >= 0.6 is 15.9 Å². The van der Waals surface area contributed by atoms with Crippen LogP contribution in [-0.2, 0) is 13.0 Å². The Labute approximate surface area is 121 Å². The first-order chi connectivity index (χ1) is 9.13. The molecule has 0 spiro atoms. The van der Waals surface area contributed by atoms with Gasteiger partial charge in [0.05, 0.1) is 15.7 Å². The van der Waals surface area contributed by atoms with Gasteiger partial charge in [-0.25, -0.2) is 0 Å². The summed E-state index contributed by atoms with van der Waals surface area (Å²) < 4.78 is 12.0. The number of rotatable bonds is 5. The molecule has 0 atom stereocenters. The van der Waals surface area contributed by atoms with Gasteiger partial charge in [0.1, 0.15) is 18.1 Å². The zero-order valence-electron chi connectivity index (χ0n) is 11.1. The third kappa shape index (κ3) is 3.16. The molecule has 0 aliphatic carbocycles. The second-order valence-electron chi connectivity index (χ2n) is 4.36. The minimum Gasteiger partial charge on any atom is -0.487 e. The molecule has 1 aromatic heterocycles. The Balaban J connectivity index is 2.19. The molecule has 0 saturated carbocycles. The lowest BCUT2D eigenvalue weighted by Gasteiger charge is -2.12. The van der Waals surface area contributed by atoms with Gasteiger partial charge < -0.3 is 15.0 Å². The Kier molecular flexibility index (Phi) is 4.61. The van der Waals surface area contributed by atoms with Crippen LogP contribution in [0.4, 0.5) is 0 Å². The highest BCUT2D eigenvalue weighted by Crippen LogP contribution is 2.30. The van der Waals surface area contributed by atoms with Gasteiger partial charge in [-0.1, -0.05) is 17.3 Å². The quantitative estimate of drug-likeness (QED) is 0.917. The Hall–Kier alpha value is -1.33. The van der Waals surface area contributed by atoms with Gasteiger partial charge in [0.25, 0.3) is 0 Å². The molecule has 2 rings (SSSR count). The Morgan fingerprint density at radius 1 is 1.37 bits per heavy atom. The first-order valence-electron chi connectivity index (χ1n) is 6.15. The molecule has 5 heteroatoms. The summed E-state index contributed by atoms with van der Waals surface area (Å²) in [6.45, 7) is 4.84. The van der Waals surface area contributed by atoms with Crippen molar-refractivity contribution in [3.8, 4) is 5.75 Å². The zero-order chi connectivity index (χ0) is 13.8. The van der Waals surface area contributed by atoms with Crippen LogP contribution in [0.3, 0.4) is 0 Å². The Morgan fingerprint density at radius 2 is 2.16 bits per heavy atom. The van der Waals surface area contributed by atoms with Gasteiger partial charge in [0.2, 0.25) is 0 Å². The molecule has 0 aliphatic rings. The fourth-order valence-corrected chi connectivity index (χ4v) is 2.44. The van der Waals surface area contributed by atoms with E-state index in [9.17, 15) is 0 Å². The lowest BCUT2D eigenvalue weighted by Crippen LogP contribution is -2.06. The van der Waals surface area contributed by atoms with Crippen LogP contribution in [0.1, 0.15) is 22.6 Å². The van der Waals surface area contributed by atoms with Crippen LogP contribution in [0.15, 0.2) is 27.2 Å². The first kappa shape index (κ1) is 14.1. The number of nitrogens with two attached hydrogens (primary N) is 1. The predicted octanol–water partition coefficient (Wildman–Crippen LogP) is 3.13. The summed E-state index contributed by atoms with van der Waals surface area (Å²) in [4.78, 5) is 0. The van der Waals surface area contributed by atoms with Crippen molar-refractivity contribution in [1.82, 2.24) is 5.16 Å². The third-order valence-corrected chi connectivity index (χ3v) is 3.63. The molecule has 0 fully saturated rings. The fourth-order valence-electron chi connectivity index (χ4n) is 1.92. The largest absolute Gasteiger partial charge is 0.487 e. The van der Waals surface area contributed by atoms with Gasteiger partial charge in [-0.05, 0) is 54.4 Å². The molecule has 1 heterocycles. The average Bonchev–Trinajstić information content (AvgIpc) is 2.69. The van der Waals surface area contributed by atoms with Crippen molar-refractivity contribution < 1.29 is 9.26 Å². The average molecular weight is 325 g/mol. The maximum atomic E-state index is 5.92. The molecule has 1 aromatic carbocycles. The predicted molar refractivity (Wildman–Crippen MR) is 77.2 cm³/mol. The van der Waals surface area contributed by atoms with Gasteiger partial charge in [-0.2, -0.15) is 0 Å². The van der Waals surface area contributed by atoms with Crippen molar-refractivity contribution in [2.24, 2.45) is 5.73 Å². The standard InChI is InChI=1S/C14H17BrN2O2/c1-9-12(10(2)19-17-9)8-18-14-11(6-7-16)4-3-5-13(14)15/h3-5H,6-8,16H2,1-2H3. The van der Waals surface area contributed by atoms with E-state index in [1.807, 2.05) is 32.0 Å². The minimum absolute atomic E-state index is 0.446. The topological polar surface area (TPSA) is 61.3 Å². The van der Waals surface area contributed by atoms with Crippen molar-refractivity contribution >= 4 is 15.9 Å². The molecule has 0 aliphatic heterocycles. The van der Waals surface area contributed by atoms with Crippen LogP contribution in [0, 0.1) is 13.8 Å². The van der Waals surface area contributed by atoms with Crippen LogP contribution in [-0.4, -0.2) is 11.7 Å². The van der Waals surface area contributed by atoms with Gasteiger partial charge in [-0.3, -0.25) is 0 Å². The van der Waals surface area contributed by atoms with Crippen molar-refractivity contribution in [1.29, 1.82) is 0 Å². The number of halogens is 1. The molecule has 0 amide bonds. The maximum absolute atomic E-state index is 5.92. The van der Waals surface area contributed by atoms with Crippen molar-refractivity contribution in [3.05, 3.63) is 45.3 Å². The second-order valence-corrected chi connectivity index (χ2v) is 5.21. The number of nitrogens with zero attached hydrogens (tertiary/aromatic N) is 1. The first-order valence-corrected chi connectivity index (χ1v) is 6.94. The van der Waals surface area contributed by atoms with Gasteiger partial charge in [0.15, 0.2) is 0 Å². The third-order valence-electron chi connectivity index (χ3n) is 3.00. The number of benzene rings is 1.